The molecular formula is C15H11BrN2O. The highest BCUT2D eigenvalue weighted by Gasteiger charge is 2.10. The van der Waals surface area contributed by atoms with Crippen molar-refractivity contribution in [2.75, 3.05) is 0 Å². The van der Waals surface area contributed by atoms with Crippen molar-refractivity contribution in [2.24, 2.45) is 0 Å². The van der Waals surface area contributed by atoms with Gasteiger partial charge in [-0.3, -0.25) is 0 Å². The summed E-state index contributed by atoms with van der Waals surface area (Å²) in [6, 6.07) is 15.8. The number of rotatable bonds is 2. The fourth-order valence-corrected chi connectivity index (χ4v) is 2.50. The molecule has 3 aromatic rings. The minimum Gasteiger partial charge on any atom is -0.416 e. The molecule has 0 aliphatic carbocycles. The molecular weight excluding hydrogens is 304 g/mol. The van der Waals surface area contributed by atoms with Gasteiger partial charge in [0.15, 0.2) is 0 Å². The average Bonchev–Trinajstić information content (AvgIpc) is 2.88. The SMILES string of the molecule is Cc1cc(Br)cc(-c2nnc(-c3ccccc3)o2)c1. The van der Waals surface area contributed by atoms with E-state index in [1.807, 2.05) is 55.5 Å². The quantitative estimate of drug-likeness (QED) is 0.700. The first-order valence-electron chi connectivity index (χ1n) is 5.89. The Morgan fingerprint density at radius 1 is 0.895 bits per heavy atom. The van der Waals surface area contributed by atoms with Crippen LogP contribution in [-0.2, 0) is 0 Å². The largest absolute Gasteiger partial charge is 0.416 e. The van der Waals surface area contributed by atoms with Gasteiger partial charge in [-0.25, -0.2) is 0 Å². The minimum atomic E-state index is 0.531. The Hall–Kier alpha value is -1.94. The summed E-state index contributed by atoms with van der Waals surface area (Å²) in [5.41, 5.74) is 2.98. The lowest BCUT2D eigenvalue weighted by molar-refractivity contribution is 0.584. The van der Waals surface area contributed by atoms with Gasteiger partial charge in [-0.05, 0) is 42.8 Å². The second-order valence-corrected chi connectivity index (χ2v) is 5.21. The van der Waals surface area contributed by atoms with Crippen molar-refractivity contribution in [1.82, 2.24) is 10.2 Å². The third kappa shape index (κ3) is 2.58. The highest BCUT2D eigenvalue weighted by molar-refractivity contribution is 9.10. The lowest BCUT2D eigenvalue weighted by atomic mass is 10.1. The molecule has 19 heavy (non-hydrogen) atoms. The maximum Gasteiger partial charge on any atom is 0.248 e. The van der Waals surface area contributed by atoms with Crippen molar-refractivity contribution in [3.8, 4) is 22.9 Å². The average molecular weight is 315 g/mol. The predicted molar refractivity (Wildman–Crippen MR) is 77.6 cm³/mol. The molecule has 0 aliphatic rings. The summed E-state index contributed by atoms with van der Waals surface area (Å²) in [6.45, 7) is 2.03. The maximum atomic E-state index is 5.72. The molecule has 0 atom stereocenters. The molecule has 0 aliphatic heterocycles. The number of halogens is 1. The van der Waals surface area contributed by atoms with Gasteiger partial charge in [0.25, 0.3) is 0 Å². The molecule has 1 heterocycles. The summed E-state index contributed by atoms with van der Waals surface area (Å²) in [6.07, 6.45) is 0. The van der Waals surface area contributed by atoms with Crippen LogP contribution in [0.25, 0.3) is 22.9 Å². The zero-order valence-corrected chi connectivity index (χ0v) is 11.9. The predicted octanol–water partition coefficient (Wildman–Crippen LogP) is 4.47. The second kappa shape index (κ2) is 4.97. The van der Waals surface area contributed by atoms with Gasteiger partial charge in [0, 0.05) is 15.6 Å². The summed E-state index contributed by atoms with van der Waals surface area (Å²) in [5.74, 6) is 1.07. The molecule has 0 saturated heterocycles. The van der Waals surface area contributed by atoms with E-state index >= 15 is 0 Å². The first kappa shape index (κ1) is 12.1. The Labute approximate surface area is 119 Å². The van der Waals surface area contributed by atoms with Crippen LogP contribution in [0.15, 0.2) is 57.4 Å². The van der Waals surface area contributed by atoms with E-state index in [4.69, 9.17) is 4.42 Å². The molecule has 0 fully saturated rings. The van der Waals surface area contributed by atoms with E-state index in [2.05, 4.69) is 26.1 Å². The van der Waals surface area contributed by atoms with Crippen LogP contribution in [0.5, 0.6) is 0 Å². The van der Waals surface area contributed by atoms with Crippen molar-refractivity contribution >= 4 is 15.9 Å². The van der Waals surface area contributed by atoms with Crippen molar-refractivity contribution in [3.05, 3.63) is 58.6 Å². The fourth-order valence-electron chi connectivity index (χ4n) is 1.90. The summed E-state index contributed by atoms with van der Waals surface area (Å²) >= 11 is 3.47. The molecule has 0 unspecified atom stereocenters. The van der Waals surface area contributed by atoms with Gasteiger partial charge in [0.1, 0.15) is 0 Å². The molecule has 4 heteroatoms. The first-order valence-corrected chi connectivity index (χ1v) is 6.68. The van der Waals surface area contributed by atoms with Gasteiger partial charge in [-0.15, -0.1) is 10.2 Å². The lowest BCUT2D eigenvalue weighted by Gasteiger charge is -1.99. The molecule has 0 bridgehead atoms. The van der Waals surface area contributed by atoms with Crippen molar-refractivity contribution in [2.45, 2.75) is 6.92 Å². The molecule has 1 aromatic heterocycles. The smallest absolute Gasteiger partial charge is 0.248 e. The Morgan fingerprint density at radius 3 is 2.26 bits per heavy atom. The van der Waals surface area contributed by atoms with Gasteiger partial charge in [0.2, 0.25) is 11.8 Å². The Kier molecular flexibility index (Phi) is 3.17. The van der Waals surface area contributed by atoms with Crippen LogP contribution in [0.3, 0.4) is 0 Å². The Balaban J connectivity index is 2.02. The minimum absolute atomic E-state index is 0.531. The van der Waals surface area contributed by atoms with Crippen LogP contribution in [0.1, 0.15) is 5.56 Å². The number of benzene rings is 2. The second-order valence-electron chi connectivity index (χ2n) is 4.30. The van der Waals surface area contributed by atoms with E-state index in [0.717, 1.165) is 21.2 Å². The zero-order chi connectivity index (χ0) is 13.2. The van der Waals surface area contributed by atoms with Gasteiger partial charge in [0.05, 0.1) is 0 Å². The van der Waals surface area contributed by atoms with Crippen LogP contribution in [0.4, 0.5) is 0 Å². The normalized spacial score (nSPS) is 10.6. The summed E-state index contributed by atoms with van der Waals surface area (Å²) < 4.78 is 6.72. The zero-order valence-electron chi connectivity index (χ0n) is 10.3. The van der Waals surface area contributed by atoms with E-state index in [0.29, 0.717) is 11.8 Å². The number of hydrogen-bond donors (Lipinski definition) is 0. The van der Waals surface area contributed by atoms with Crippen LogP contribution >= 0.6 is 15.9 Å². The standard InChI is InChI=1S/C15H11BrN2O/c1-10-7-12(9-13(16)8-10)15-18-17-14(19-15)11-5-3-2-4-6-11/h2-9H,1H3. The van der Waals surface area contributed by atoms with Crippen LogP contribution in [0.2, 0.25) is 0 Å². The monoisotopic (exact) mass is 314 g/mol. The number of aryl methyl sites for hydroxylation is 1. The van der Waals surface area contributed by atoms with Crippen LogP contribution < -0.4 is 0 Å². The van der Waals surface area contributed by atoms with Gasteiger partial charge < -0.3 is 4.42 Å². The Bertz CT molecular complexity index is 687. The van der Waals surface area contributed by atoms with Crippen LogP contribution in [-0.4, -0.2) is 10.2 Å². The molecule has 3 rings (SSSR count). The molecule has 0 N–H and O–H groups in total. The van der Waals surface area contributed by atoms with E-state index < -0.39 is 0 Å². The van der Waals surface area contributed by atoms with Gasteiger partial charge in [-0.1, -0.05) is 34.1 Å². The number of aromatic nitrogens is 2. The Morgan fingerprint density at radius 2 is 1.58 bits per heavy atom. The number of hydrogen-bond acceptors (Lipinski definition) is 3. The van der Waals surface area contributed by atoms with Gasteiger partial charge >= 0.3 is 0 Å². The molecule has 2 aromatic carbocycles. The third-order valence-electron chi connectivity index (χ3n) is 2.73. The molecule has 0 saturated carbocycles. The fraction of sp³-hybridized carbons (Fsp3) is 0.0667. The molecule has 3 nitrogen and oxygen atoms in total. The lowest BCUT2D eigenvalue weighted by Crippen LogP contribution is -1.80. The van der Waals surface area contributed by atoms with E-state index in [1.165, 1.54) is 0 Å². The molecule has 0 spiro atoms. The topological polar surface area (TPSA) is 38.9 Å². The van der Waals surface area contributed by atoms with Crippen molar-refractivity contribution in [1.29, 1.82) is 0 Å². The van der Waals surface area contributed by atoms with E-state index in [9.17, 15) is 0 Å². The van der Waals surface area contributed by atoms with Crippen LogP contribution in [0, 0.1) is 6.92 Å². The highest BCUT2D eigenvalue weighted by Crippen LogP contribution is 2.26. The summed E-state index contributed by atoms with van der Waals surface area (Å²) in [5, 5.41) is 8.20. The maximum absolute atomic E-state index is 5.72. The van der Waals surface area contributed by atoms with Crippen molar-refractivity contribution < 1.29 is 4.42 Å². The van der Waals surface area contributed by atoms with Crippen molar-refractivity contribution in [3.63, 3.8) is 0 Å². The summed E-state index contributed by atoms with van der Waals surface area (Å²) in [7, 11) is 0. The molecule has 94 valence electrons. The number of nitrogens with zero attached hydrogens (tertiary/aromatic N) is 2. The summed E-state index contributed by atoms with van der Waals surface area (Å²) in [4.78, 5) is 0. The van der Waals surface area contributed by atoms with E-state index in [-0.39, 0.29) is 0 Å². The highest BCUT2D eigenvalue weighted by atomic mass is 79.9. The van der Waals surface area contributed by atoms with E-state index in [1.54, 1.807) is 0 Å². The molecule has 0 radical (unpaired) electrons. The molecule has 0 amide bonds. The first-order chi connectivity index (χ1) is 9.22. The van der Waals surface area contributed by atoms with Gasteiger partial charge in [-0.2, -0.15) is 0 Å². The third-order valence-corrected chi connectivity index (χ3v) is 3.19.